The lowest BCUT2D eigenvalue weighted by Crippen LogP contribution is -2.12. The number of carbonyl (C=O) groups excluding carboxylic acids is 1. The lowest BCUT2D eigenvalue weighted by atomic mass is 10.2. The number of aromatic nitrogens is 1. The first-order chi connectivity index (χ1) is 8.97. The van der Waals surface area contributed by atoms with Gasteiger partial charge in [-0.3, -0.25) is 4.79 Å². The molecule has 7 heteroatoms. The van der Waals surface area contributed by atoms with E-state index in [-0.39, 0.29) is 11.5 Å². The number of hydrogen-bond donors (Lipinski definition) is 2. The summed E-state index contributed by atoms with van der Waals surface area (Å²) in [5.41, 5.74) is 0.618. The summed E-state index contributed by atoms with van der Waals surface area (Å²) in [6, 6.07) is 4.59. The quantitative estimate of drug-likeness (QED) is 0.793. The second-order valence-corrected chi connectivity index (χ2v) is 6.09. The average molecular weight is 388 g/mol. The number of carbonyl (C=O) groups is 2. The molecule has 5 nitrogen and oxygen atoms in total. The maximum Gasteiger partial charge on any atom is 0.335 e. The SMILES string of the molecule is Cc1ncc(C(=O)Nc2cc(C(=O)O)ccc2I)s1. The Morgan fingerprint density at radius 3 is 2.74 bits per heavy atom. The molecular weight excluding hydrogens is 379 g/mol. The van der Waals surface area contributed by atoms with Gasteiger partial charge in [-0.25, -0.2) is 9.78 Å². The fourth-order valence-corrected chi connectivity index (χ4v) is 2.55. The molecule has 1 aromatic heterocycles. The fraction of sp³-hybridized carbons (Fsp3) is 0.0833. The molecule has 0 bridgehead atoms. The van der Waals surface area contributed by atoms with Gasteiger partial charge in [0, 0.05) is 3.57 Å². The number of carboxylic acids is 1. The maximum absolute atomic E-state index is 12.0. The Labute approximate surface area is 126 Å². The van der Waals surface area contributed by atoms with E-state index in [0.717, 1.165) is 8.58 Å². The number of amides is 1. The lowest BCUT2D eigenvalue weighted by molar-refractivity contribution is 0.0696. The van der Waals surface area contributed by atoms with E-state index < -0.39 is 5.97 Å². The summed E-state index contributed by atoms with van der Waals surface area (Å²) in [7, 11) is 0. The van der Waals surface area contributed by atoms with Crippen molar-refractivity contribution >= 4 is 51.5 Å². The lowest BCUT2D eigenvalue weighted by Gasteiger charge is -2.07. The highest BCUT2D eigenvalue weighted by Crippen LogP contribution is 2.22. The fourth-order valence-electron chi connectivity index (χ4n) is 1.40. The summed E-state index contributed by atoms with van der Waals surface area (Å²) < 4.78 is 0.775. The number of anilines is 1. The molecule has 2 aromatic rings. The minimum Gasteiger partial charge on any atom is -0.478 e. The van der Waals surface area contributed by atoms with Crippen molar-refractivity contribution in [1.82, 2.24) is 4.98 Å². The monoisotopic (exact) mass is 388 g/mol. The van der Waals surface area contributed by atoms with Crippen molar-refractivity contribution < 1.29 is 14.7 Å². The van der Waals surface area contributed by atoms with Crippen molar-refractivity contribution in [2.45, 2.75) is 6.92 Å². The molecule has 1 amide bonds. The average Bonchev–Trinajstić information content (AvgIpc) is 2.78. The Morgan fingerprint density at radius 1 is 1.42 bits per heavy atom. The van der Waals surface area contributed by atoms with Crippen LogP contribution in [-0.2, 0) is 0 Å². The van der Waals surface area contributed by atoms with Crippen LogP contribution in [0.3, 0.4) is 0 Å². The molecule has 0 spiro atoms. The van der Waals surface area contributed by atoms with Gasteiger partial charge in [0.15, 0.2) is 0 Å². The van der Waals surface area contributed by atoms with E-state index in [9.17, 15) is 9.59 Å². The number of halogens is 1. The molecule has 0 unspecified atom stereocenters. The first kappa shape index (κ1) is 13.9. The Kier molecular flexibility index (Phi) is 4.15. The summed E-state index contributed by atoms with van der Waals surface area (Å²) >= 11 is 3.33. The zero-order chi connectivity index (χ0) is 14.0. The van der Waals surface area contributed by atoms with E-state index >= 15 is 0 Å². The maximum atomic E-state index is 12.0. The molecule has 0 saturated heterocycles. The molecule has 0 atom stereocenters. The van der Waals surface area contributed by atoms with E-state index in [1.54, 1.807) is 6.07 Å². The minimum atomic E-state index is -1.03. The molecule has 1 aromatic carbocycles. The molecule has 0 radical (unpaired) electrons. The predicted octanol–water partition coefficient (Wildman–Crippen LogP) is 3.01. The molecule has 0 fully saturated rings. The predicted molar refractivity (Wildman–Crippen MR) is 80.9 cm³/mol. The van der Waals surface area contributed by atoms with Crippen LogP contribution in [0.1, 0.15) is 25.0 Å². The summed E-state index contributed by atoms with van der Waals surface area (Å²) in [4.78, 5) is 27.4. The van der Waals surface area contributed by atoms with Gasteiger partial charge in [0.05, 0.1) is 22.5 Å². The second-order valence-electron chi connectivity index (χ2n) is 3.70. The van der Waals surface area contributed by atoms with Gasteiger partial charge in [0.1, 0.15) is 4.88 Å². The van der Waals surface area contributed by atoms with Crippen molar-refractivity contribution in [2.75, 3.05) is 5.32 Å². The number of thiazole rings is 1. The van der Waals surface area contributed by atoms with Gasteiger partial charge in [0.2, 0.25) is 0 Å². The van der Waals surface area contributed by atoms with E-state index in [1.807, 2.05) is 29.5 Å². The molecule has 2 rings (SSSR count). The molecule has 0 saturated carbocycles. The second kappa shape index (κ2) is 5.66. The number of hydrogen-bond acceptors (Lipinski definition) is 4. The summed E-state index contributed by atoms with van der Waals surface area (Å²) in [6.45, 7) is 1.82. The van der Waals surface area contributed by atoms with Crippen LogP contribution in [0.15, 0.2) is 24.4 Å². The molecule has 0 aliphatic rings. The zero-order valence-corrected chi connectivity index (χ0v) is 12.8. The third-order valence-electron chi connectivity index (χ3n) is 2.31. The third kappa shape index (κ3) is 3.29. The van der Waals surface area contributed by atoms with Crippen molar-refractivity contribution in [2.24, 2.45) is 0 Å². The number of benzene rings is 1. The van der Waals surface area contributed by atoms with Crippen LogP contribution in [0.25, 0.3) is 0 Å². The topological polar surface area (TPSA) is 79.3 Å². The van der Waals surface area contributed by atoms with Crippen molar-refractivity contribution in [3.8, 4) is 0 Å². The third-order valence-corrected chi connectivity index (χ3v) is 4.16. The smallest absolute Gasteiger partial charge is 0.335 e. The highest BCUT2D eigenvalue weighted by Gasteiger charge is 2.13. The number of nitrogens with zero attached hydrogens (tertiary/aromatic N) is 1. The summed E-state index contributed by atoms with van der Waals surface area (Å²) in [6.07, 6.45) is 1.50. The van der Waals surface area contributed by atoms with Crippen LogP contribution < -0.4 is 5.32 Å². The standard InChI is InChI=1S/C12H9IN2O3S/c1-6-14-5-10(19-6)11(16)15-9-4-7(12(17)18)2-3-8(9)13/h2-5H,1H3,(H,15,16)(H,17,18). The van der Waals surface area contributed by atoms with Gasteiger partial charge in [-0.15, -0.1) is 11.3 Å². The molecule has 0 aliphatic heterocycles. The number of nitrogens with one attached hydrogen (secondary N) is 1. The van der Waals surface area contributed by atoms with Crippen LogP contribution in [0, 0.1) is 10.5 Å². The van der Waals surface area contributed by atoms with Gasteiger partial charge in [-0.2, -0.15) is 0 Å². The molecule has 1 heterocycles. The van der Waals surface area contributed by atoms with Crippen LogP contribution in [0.5, 0.6) is 0 Å². The van der Waals surface area contributed by atoms with Gasteiger partial charge < -0.3 is 10.4 Å². The summed E-state index contributed by atoms with van der Waals surface area (Å²) in [5.74, 6) is -1.31. The van der Waals surface area contributed by atoms with Crippen molar-refractivity contribution in [3.05, 3.63) is 43.4 Å². The van der Waals surface area contributed by atoms with Gasteiger partial charge in [-0.1, -0.05) is 0 Å². The van der Waals surface area contributed by atoms with Crippen molar-refractivity contribution in [3.63, 3.8) is 0 Å². The Hall–Kier alpha value is -1.48. The number of aryl methyl sites for hydroxylation is 1. The molecule has 19 heavy (non-hydrogen) atoms. The Balaban J connectivity index is 2.25. The largest absolute Gasteiger partial charge is 0.478 e. The van der Waals surface area contributed by atoms with Crippen LogP contribution in [0.4, 0.5) is 5.69 Å². The van der Waals surface area contributed by atoms with E-state index in [2.05, 4.69) is 10.3 Å². The molecule has 0 aliphatic carbocycles. The van der Waals surface area contributed by atoms with Gasteiger partial charge >= 0.3 is 5.97 Å². The number of rotatable bonds is 3. The van der Waals surface area contributed by atoms with Gasteiger partial charge in [0.25, 0.3) is 5.91 Å². The zero-order valence-electron chi connectivity index (χ0n) is 9.81. The van der Waals surface area contributed by atoms with Crippen LogP contribution in [-0.4, -0.2) is 22.0 Å². The Morgan fingerprint density at radius 2 is 2.16 bits per heavy atom. The van der Waals surface area contributed by atoms with Crippen molar-refractivity contribution in [1.29, 1.82) is 0 Å². The number of aromatic carboxylic acids is 1. The van der Waals surface area contributed by atoms with E-state index in [1.165, 1.54) is 29.7 Å². The normalized spacial score (nSPS) is 10.2. The summed E-state index contributed by atoms with van der Waals surface area (Å²) in [5, 5.41) is 12.4. The van der Waals surface area contributed by atoms with Crippen LogP contribution in [0.2, 0.25) is 0 Å². The molecular formula is C12H9IN2O3S. The van der Waals surface area contributed by atoms with E-state index in [4.69, 9.17) is 5.11 Å². The van der Waals surface area contributed by atoms with E-state index in [0.29, 0.717) is 10.6 Å². The van der Waals surface area contributed by atoms with Crippen LogP contribution >= 0.6 is 33.9 Å². The number of carboxylic acid groups (broad SMARTS) is 1. The Bertz CT molecular complexity index is 654. The first-order valence-electron chi connectivity index (χ1n) is 5.24. The highest BCUT2D eigenvalue weighted by molar-refractivity contribution is 14.1. The highest BCUT2D eigenvalue weighted by atomic mass is 127. The first-order valence-corrected chi connectivity index (χ1v) is 7.13. The molecule has 2 N–H and O–H groups in total. The minimum absolute atomic E-state index is 0.135. The van der Waals surface area contributed by atoms with Gasteiger partial charge in [-0.05, 0) is 47.7 Å². The molecule has 98 valence electrons.